The van der Waals surface area contributed by atoms with Gasteiger partial charge in [0, 0.05) is 41.4 Å². The number of carbonyl (C=O) groups excluding carboxylic acids is 1. The predicted molar refractivity (Wildman–Crippen MR) is 107 cm³/mol. The molecule has 27 heavy (non-hydrogen) atoms. The largest absolute Gasteiger partial charge is 0.334 e. The van der Waals surface area contributed by atoms with Gasteiger partial charge < -0.3 is 4.90 Å². The standard InChI is InChI=1S/C22H22ClFN2O/c1-14-12-25-20-9-8-17(10-19(14)20)26(21(27)11-23)13-16-7-6-15-4-2-3-5-18(15)22(16)24/h2-7,12,17,19H,8-11,13H2,1H3. The highest BCUT2D eigenvalue weighted by molar-refractivity contribution is 6.27. The van der Waals surface area contributed by atoms with Crippen LogP contribution in [-0.4, -0.2) is 28.4 Å². The number of nitrogens with zero attached hydrogens (tertiary/aromatic N) is 2. The van der Waals surface area contributed by atoms with E-state index in [9.17, 15) is 4.79 Å². The molecular formula is C22H22ClFN2O. The molecule has 2 aliphatic rings. The van der Waals surface area contributed by atoms with Crippen molar-refractivity contribution in [1.82, 2.24) is 4.90 Å². The Hall–Kier alpha value is -2.20. The maximum atomic E-state index is 15.0. The molecule has 1 saturated carbocycles. The third-order valence-corrected chi connectivity index (χ3v) is 6.02. The average Bonchev–Trinajstić information content (AvgIpc) is 3.07. The fraction of sp³-hybridized carbons (Fsp3) is 0.364. The molecule has 140 valence electrons. The van der Waals surface area contributed by atoms with Crippen LogP contribution in [0.25, 0.3) is 10.8 Å². The molecule has 2 atom stereocenters. The summed E-state index contributed by atoms with van der Waals surface area (Å²) in [4.78, 5) is 18.9. The number of hydrogen-bond acceptors (Lipinski definition) is 2. The Bertz CT molecular complexity index is 952. The van der Waals surface area contributed by atoms with Gasteiger partial charge in [0.05, 0.1) is 0 Å². The summed E-state index contributed by atoms with van der Waals surface area (Å²) in [6.07, 6.45) is 4.47. The van der Waals surface area contributed by atoms with Crippen molar-refractivity contribution in [2.45, 2.75) is 38.8 Å². The Kier molecular flexibility index (Phi) is 5.00. The van der Waals surface area contributed by atoms with Crippen molar-refractivity contribution in [3.63, 3.8) is 0 Å². The van der Waals surface area contributed by atoms with Crippen molar-refractivity contribution in [2.24, 2.45) is 10.9 Å². The van der Waals surface area contributed by atoms with Gasteiger partial charge in [0.15, 0.2) is 0 Å². The van der Waals surface area contributed by atoms with E-state index in [2.05, 4.69) is 11.9 Å². The van der Waals surface area contributed by atoms with Gasteiger partial charge in [-0.1, -0.05) is 36.4 Å². The smallest absolute Gasteiger partial charge is 0.238 e. The molecule has 0 aromatic heterocycles. The van der Waals surface area contributed by atoms with Gasteiger partial charge in [0.25, 0.3) is 0 Å². The van der Waals surface area contributed by atoms with Gasteiger partial charge >= 0.3 is 0 Å². The van der Waals surface area contributed by atoms with Crippen molar-refractivity contribution in [3.05, 3.63) is 59.6 Å². The Morgan fingerprint density at radius 3 is 2.93 bits per heavy atom. The normalized spacial score (nSPS) is 21.6. The number of fused-ring (bicyclic) bond motifs is 2. The zero-order chi connectivity index (χ0) is 19.0. The number of benzene rings is 2. The first kappa shape index (κ1) is 18.2. The second-order valence-electron chi connectivity index (χ2n) is 7.39. The number of halogens is 2. The first-order valence-corrected chi connectivity index (χ1v) is 9.86. The van der Waals surface area contributed by atoms with Gasteiger partial charge in [-0.15, -0.1) is 11.6 Å². The molecule has 1 aliphatic carbocycles. The van der Waals surface area contributed by atoms with E-state index in [1.54, 1.807) is 17.0 Å². The topological polar surface area (TPSA) is 32.7 Å². The fourth-order valence-electron chi connectivity index (χ4n) is 4.26. The Balaban J connectivity index is 1.62. The first-order valence-electron chi connectivity index (χ1n) is 9.33. The minimum Gasteiger partial charge on any atom is -0.334 e. The summed E-state index contributed by atoms with van der Waals surface area (Å²) in [5, 5.41) is 1.44. The van der Waals surface area contributed by atoms with Crippen LogP contribution in [0.5, 0.6) is 0 Å². The van der Waals surface area contributed by atoms with Crippen LogP contribution in [0.4, 0.5) is 4.39 Å². The van der Waals surface area contributed by atoms with E-state index in [1.165, 1.54) is 11.3 Å². The Morgan fingerprint density at radius 1 is 1.30 bits per heavy atom. The second kappa shape index (κ2) is 7.43. The number of amides is 1. The second-order valence-corrected chi connectivity index (χ2v) is 7.66. The number of alkyl halides is 1. The van der Waals surface area contributed by atoms with Gasteiger partial charge in [0.2, 0.25) is 5.91 Å². The molecule has 0 bridgehead atoms. The molecule has 1 fully saturated rings. The monoisotopic (exact) mass is 384 g/mol. The number of aliphatic imine (C=N–C) groups is 1. The maximum Gasteiger partial charge on any atom is 0.238 e. The quantitative estimate of drug-likeness (QED) is 0.677. The van der Waals surface area contributed by atoms with Gasteiger partial charge in [-0.2, -0.15) is 0 Å². The first-order chi connectivity index (χ1) is 13.1. The van der Waals surface area contributed by atoms with Gasteiger partial charge in [-0.05, 0) is 37.1 Å². The molecule has 3 nitrogen and oxygen atoms in total. The lowest BCUT2D eigenvalue weighted by atomic mass is 9.80. The maximum absolute atomic E-state index is 15.0. The lowest BCUT2D eigenvalue weighted by Crippen LogP contribution is -2.45. The van der Waals surface area contributed by atoms with Crippen molar-refractivity contribution >= 4 is 34.0 Å². The molecule has 2 unspecified atom stereocenters. The minimum atomic E-state index is -0.254. The zero-order valence-corrected chi connectivity index (χ0v) is 16.0. The number of hydrogen-bond donors (Lipinski definition) is 0. The zero-order valence-electron chi connectivity index (χ0n) is 15.3. The van der Waals surface area contributed by atoms with Gasteiger partial charge in [-0.3, -0.25) is 9.79 Å². The third-order valence-electron chi connectivity index (χ3n) is 5.79. The molecule has 2 aromatic rings. The third kappa shape index (κ3) is 3.39. The van der Waals surface area contributed by atoms with Crippen LogP contribution >= 0.6 is 11.6 Å². The van der Waals surface area contributed by atoms with Crippen LogP contribution in [0.3, 0.4) is 0 Å². The molecule has 1 amide bonds. The predicted octanol–water partition coefficient (Wildman–Crippen LogP) is 5.07. The number of rotatable bonds is 4. The van der Waals surface area contributed by atoms with E-state index < -0.39 is 0 Å². The van der Waals surface area contributed by atoms with Crippen molar-refractivity contribution < 1.29 is 9.18 Å². The van der Waals surface area contributed by atoms with Gasteiger partial charge in [0.1, 0.15) is 11.7 Å². The van der Waals surface area contributed by atoms with Crippen LogP contribution in [0.2, 0.25) is 0 Å². The molecule has 0 spiro atoms. The van der Waals surface area contributed by atoms with E-state index in [0.717, 1.165) is 24.6 Å². The summed E-state index contributed by atoms with van der Waals surface area (Å²) < 4.78 is 15.0. The summed E-state index contributed by atoms with van der Waals surface area (Å²) >= 11 is 5.89. The van der Waals surface area contributed by atoms with Gasteiger partial charge in [-0.25, -0.2) is 4.39 Å². The lowest BCUT2D eigenvalue weighted by molar-refractivity contribution is -0.132. The van der Waals surface area contributed by atoms with E-state index in [1.807, 2.05) is 30.5 Å². The summed E-state index contributed by atoms with van der Waals surface area (Å²) in [6, 6.07) is 11.1. The van der Waals surface area contributed by atoms with E-state index in [0.29, 0.717) is 16.9 Å². The highest BCUT2D eigenvalue weighted by atomic mass is 35.5. The summed E-state index contributed by atoms with van der Waals surface area (Å²) in [6.45, 7) is 2.33. The SMILES string of the molecule is CC1=CN=C2CCC(N(Cc3ccc4ccccc4c3F)C(=O)CCl)CC12. The van der Waals surface area contributed by atoms with Crippen LogP contribution in [-0.2, 0) is 11.3 Å². The minimum absolute atomic E-state index is 0.0486. The van der Waals surface area contributed by atoms with Crippen LogP contribution < -0.4 is 0 Å². The molecule has 0 radical (unpaired) electrons. The van der Waals surface area contributed by atoms with Crippen molar-refractivity contribution in [1.29, 1.82) is 0 Å². The molecular weight excluding hydrogens is 363 g/mol. The Labute approximate surface area is 163 Å². The molecule has 0 saturated heterocycles. The molecule has 2 aromatic carbocycles. The van der Waals surface area contributed by atoms with E-state index in [4.69, 9.17) is 11.6 Å². The molecule has 5 heteroatoms. The van der Waals surface area contributed by atoms with Crippen molar-refractivity contribution in [3.8, 4) is 0 Å². The Morgan fingerprint density at radius 2 is 2.11 bits per heavy atom. The average molecular weight is 385 g/mol. The lowest BCUT2D eigenvalue weighted by Gasteiger charge is -2.37. The van der Waals surface area contributed by atoms with Crippen molar-refractivity contribution in [2.75, 3.05) is 5.88 Å². The molecule has 1 aliphatic heterocycles. The fourth-order valence-corrected chi connectivity index (χ4v) is 4.41. The number of allylic oxidation sites excluding steroid dienone is 1. The number of carbonyl (C=O) groups is 1. The highest BCUT2D eigenvalue weighted by Crippen LogP contribution is 2.35. The molecule has 4 rings (SSSR count). The summed E-state index contributed by atoms with van der Waals surface area (Å²) in [5.41, 5.74) is 2.98. The van der Waals surface area contributed by atoms with E-state index >= 15 is 4.39 Å². The van der Waals surface area contributed by atoms with E-state index in [-0.39, 0.29) is 30.2 Å². The van der Waals surface area contributed by atoms with Crippen LogP contribution in [0, 0.1) is 11.7 Å². The molecule has 0 N–H and O–H groups in total. The van der Waals surface area contributed by atoms with Crippen LogP contribution in [0.15, 0.2) is 53.2 Å². The molecule has 1 heterocycles. The van der Waals surface area contributed by atoms with Crippen LogP contribution in [0.1, 0.15) is 31.7 Å². The highest BCUT2D eigenvalue weighted by Gasteiger charge is 2.35. The summed E-state index contributed by atoms with van der Waals surface area (Å²) in [7, 11) is 0. The summed E-state index contributed by atoms with van der Waals surface area (Å²) in [5.74, 6) is -0.188.